The van der Waals surface area contributed by atoms with Crippen LogP contribution in [0.25, 0.3) is 11.3 Å². The normalized spacial score (nSPS) is 10.6. The van der Waals surface area contributed by atoms with E-state index in [0.29, 0.717) is 23.6 Å². The molecule has 2 aromatic carbocycles. The summed E-state index contributed by atoms with van der Waals surface area (Å²) in [6.07, 6.45) is 2.07. The van der Waals surface area contributed by atoms with Gasteiger partial charge >= 0.3 is 0 Å². The quantitative estimate of drug-likeness (QED) is 0.758. The summed E-state index contributed by atoms with van der Waals surface area (Å²) in [4.78, 5) is 16.1. The van der Waals surface area contributed by atoms with Gasteiger partial charge in [-0.05, 0) is 30.7 Å². The molecule has 0 unspecified atom stereocenters. The van der Waals surface area contributed by atoms with E-state index in [0.717, 1.165) is 11.3 Å². The Kier molecular flexibility index (Phi) is 4.70. The molecule has 0 atom stereocenters. The number of nitrogens with zero attached hydrogens (tertiary/aromatic N) is 1. The lowest BCUT2D eigenvalue weighted by molar-refractivity contribution is -0.116. The number of oxazole rings is 1. The number of halogens is 1. The molecule has 0 spiro atoms. The van der Waals surface area contributed by atoms with Crippen molar-refractivity contribution in [2.75, 3.05) is 5.32 Å². The minimum absolute atomic E-state index is 0.116. The van der Waals surface area contributed by atoms with Crippen molar-refractivity contribution in [2.24, 2.45) is 0 Å². The van der Waals surface area contributed by atoms with Crippen molar-refractivity contribution in [3.63, 3.8) is 0 Å². The highest BCUT2D eigenvalue weighted by molar-refractivity contribution is 5.91. The summed E-state index contributed by atoms with van der Waals surface area (Å²) in [7, 11) is 0. The average molecular weight is 324 g/mol. The molecular formula is C19H17FN2O2. The van der Waals surface area contributed by atoms with Gasteiger partial charge in [-0.1, -0.05) is 30.3 Å². The van der Waals surface area contributed by atoms with E-state index in [1.165, 1.54) is 12.3 Å². The summed E-state index contributed by atoms with van der Waals surface area (Å²) in [6, 6.07) is 13.9. The monoisotopic (exact) mass is 324 g/mol. The van der Waals surface area contributed by atoms with Gasteiger partial charge in [0.25, 0.3) is 0 Å². The standard InChI is InChI=1S/C19H17FN2O2/c1-13-6-2-5-9-16(13)22-18(23)10-11-19-21-12-17(24-19)14-7-3-4-8-15(14)20/h2-9,12H,10-11H2,1H3,(H,22,23). The van der Waals surface area contributed by atoms with Crippen LogP contribution in [-0.2, 0) is 11.2 Å². The third kappa shape index (κ3) is 3.68. The fourth-order valence-corrected chi connectivity index (χ4v) is 2.36. The summed E-state index contributed by atoms with van der Waals surface area (Å²) >= 11 is 0. The molecule has 5 heteroatoms. The zero-order valence-corrected chi connectivity index (χ0v) is 13.3. The summed E-state index contributed by atoms with van der Waals surface area (Å²) in [6.45, 7) is 1.93. The van der Waals surface area contributed by atoms with E-state index in [4.69, 9.17) is 4.42 Å². The third-order valence-corrected chi connectivity index (χ3v) is 3.68. The molecule has 0 saturated carbocycles. The molecule has 0 aliphatic rings. The van der Waals surface area contributed by atoms with Crippen molar-refractivity contribution in [3.8, 4) is 11.3 Å². The molecule has 1 N–H and O–H groups in total. The van der Waals surface area contributed by atoms with Gasteiger partial charge in [0.05, 0.1) is 11.8 Å². The van der Waals surface area contributed by atoms with Crippen LogP contribution in [0, 0.1) is 12.7 Å². The number of carbonyl (C=O) groups is 1. The molecule has 3 aromatic rings. The summed E-state index contributed by atoms with van der Waals surface area (Å²) < 4.78 is 19.3. The zero-order chi connectivity index (χ0) is 16.9. The van der Waals surface area contributed by atoms with Gasteiger partial charge in [0.2, 0.25) is 5.91 Å². The van der Waals surface area contributed by atoms with Crippen molar-refractivity contribution < 1.29 is 13.6 Å². The predicted octanol–water partition coefficient (Wildman–Crippen LogP) is 4.36. The smallest absolute Gasteiger partial charge is 0.224 e. The highest BCUT2D eigenvalue weighted by Crippen LogP contribution is 2.23. The number of hydrogen-bond donors (Lipinski definition) is 1. The number of hydrogen-bond acceptors (Lipinski definition) is 3. The SMILES string of the molecule is Cc1ccccc1NC(=O)CCc1ncc(-c2ccccc2F)o1. The zero-order valence-electron chi connectivity index (χ0n) is 13.3. The number of amides is 1. The lowest BCUT2D eigenvalue weighted by Gasteiger charge is -2.07. The van der Waals surface area contributed by atoms with Gasteiger partial charge in [-0.2, -0.15) is 0 Å². The number of rotatable bonds is 5. The molecule has 0 aliphatic carbocycles. The Hall–Kier alpha value is -2.95. The Balaban J connectivity index is 1.61. The number of anilines is 1. The first-order valence-electron chi connectivity index (χ1n) is 7.68. The second-order valence-electron chi connectivity index (χ2n) is 5.46. The van der Waals surface area contributed by atoms with Crippen LogP contribution in [0.3, 0.4) is 0 Å². The van der Waals surface area contributed by atoms with Crippen LogP contribution in [0.1, 0.15) is 17.9 Å². The number of para-hydroxylation sites is 1. The van der Waals surface area contributed by atoms with E-state index in [-0.39, 0.29) is 18.1 Å². The average Bonchev–Trinajstić information content (AvgIpc) is 3.04. The van der Waals surface area contributed by atoms with E-state index < -0.39 is 0 Å². The summed E-state index contributed by atoms with van der Waals surface area (Å²) in [5.74, 6) is 0.294. The molecule has 0 radical (unpaired) electrons. The van der Waals surface area contributed by atoms with Crippen LogP contribution in [-0.4, -0.2) is 10.9 Å². The number of aromatic nitrogens is 1. The van der Waals surface area contributed by atoms with Gasteiger partial charge in [0.15, 0.2) is 11.7 Å². The van der Waals surface area contributed by atoms with Crippen molar-refractivity contribution >= 4 is 11.6 Å². The van der Waals surface area contributed by atoms with Crippen LogP contribution in [0.5, 0.6) is 0 Å². The maximum Gasteiger partial charge on any atom is 0.224 e. The Morgan fingerprint density at radius 1 is 1.17 bits per heavy atom. The topological polar surface area (TPSA) is 55.1 Å². The molecule has 1 aromatic heterocycles. The first kappa shape index (κ1) is 15.9. The summed E-state index contributed by atoms with van der Waals surface area (Å²) in [5.41, 5.74) is 2.16. The van der Waals surface area contributed by atoms with E-state index >= 15 is 0 Å². The van der Waals surface area contributed by atoms with E-state index in [9.17, 15) is 9.18 Å². The minimum atomic E-state index is -0.363. The first-order valence-corrected chi connectivity index (χ1v) is 7.68. The Morgan fingerprint density at radius 3 is 2.71 bits per heavy atom. The van der Waals surface area contributed by atoms with E-state index in [1.807, 2.05) is 31.2 Å². The number of nitrogens with one attached hydrogen (secondary N) is 1. The molecule has 0 fully saturated rings. The van der Waals surface area contributed by atoms with E-state index in [1.54, 1.807) is 18.2 Å². The Bertz CT molecular complexity index is 858. The third-order valence-electron chi connectivity index (χ3n) is 3.68. The summed E-state index contributed by atoms with van der Waals surface area (Å²) in [5, 5.41) is 2.86. The van der Waals surface area contributed by atoms with Gasteiger partial charge < -0.3 is 9.73 Å². The molecule has 0 bridgehead atoms. The Labute approximate surface area is 139 Å². The van der Waals surface area contributed by atoms with Crippen molar-refractivity contribution in [3.05, 3.63) is 72.0 Å². The highest BCUT2D eigenvalue weighted by Gasteiger charge is 2.12. The fourth-order valence-electron chi connectivity index (χ4n) is 2.36. The molecule has 0 saturated heterocycles. The van der Waals surface area contributed by atoms with Crippen molar-refractivity contribution in [1.82, 2.24) is 4.98 Å². The molecule has 1 heterocycles. The maximum atomic E-state index is 13.7. The second kappa shape index (κ2) is 7.08. The van der Waals surface area contributed by atoms with Gasteiger partial charge in [-0.25, -0.2) is 9.37 Å². The fraction of sp³-hybridized carbons (Fsp3) is 0.158. The molecule has 122 valence electrons. The minimum Gasteiger partial charge on any atom is -0.441 e. The number of benzene rings is 2. The molecule has 0 aliphatic heterocycles. The lowest BCUT2D eigenvalue weighted by Crippen LogP contribution is -2.13. The molecule has 3 rings (SSSR count). The van der Waals surface area contributed by atoms with Crippen LogP contribution in [0.2, 0.25) is 0 Å². The largest absolute Gasteiger partial charge is 0.441 e. The predicted molar refractivity (Wildman–Crippen MR) is 90.0 cm³/mol. The van der Waals surface area contributed by atoms with Gasteiger partial charge in [-0.3, -0.25) is 4.79 Å². The first-order chi connectivity index (χ1) is 11.6. The van der Waals surface area contributed by atoms with Crippen molar-refractivity contribution in [2.45, 2.75) is 19.8 Å². The number of aryl methyl sites for hydroxylation is 2. The molecule has 1 amide bonds. The van der Waals surface area contributed by atoms with Crippen LogP contribution >= 0.6 is 0 Å². The Morgan fingerprint density at radius 2 is 1.92 bits per heavy atom. The highest BCUT2D eigenvalue weighted by atomic mass is 19.1. The lowest BCUT2D eigenvalue weighted by atomic mass is 10.2. The van der Waals surface area contributed by atoms with Crippen LogP contribution in [0.15, 0.2) is 59.1 Å². The van der Waals surface area contributed by atoms with Crippen LogP contribution in [0.4, 0.5) is 10.1 Å². The molecule has 24 heavy (non-hydrogen) atoms. The van der Waals surface area contributed by atoms with Crippen LogP contribution < -0.4 is 5.32 Å². The second-order valence-corrected chi connectivity index (χ2v) is 5.46. The maximum absolute atomic E-state index is 13.7. The van der Waals surface area contributed by atoms with Gasteiger partial charge in [0, 0.05) is 18.5 Å². The number of carbonyl (C=O) groups excluding carboxylic acids is 1. The van der Waals surface area contributed by atoms with E-state index in [2.05, 4.69) is 10.3 Å². The van der Waals surface area contributed by atoms with Crippen molar-refractivity contribution in [1.29, 1.82) is 0 Å². The van der Waals surface area contributed by atoms with Gasteiger partial charge in [-0.15, -0.1) is 0 Å². The molecule has 4 nitrogen and oxygen atoms in total. The molecular weight excluding hydrogens is 307 g/mol. The van der Waals surface area contributed by atoms with Gasteiger partial charge in [0.1, 0.15) is 5.82 Å².